The van der Waals surface area contributed by atoms with Crippen LogP contribution in [0.1, 0.15) is 36.7 Å². The fraction of sp³-hybridized carbons (Fsp3) is 0.562. The molecule has 4 rings (SSSR count). The summed E-state index contributed by atoms with van der Waals surface area (Å²) in [6.45, 7) is 1.78. The molecule has 1 aliphatic carbocycles. The molecule has 1 atom stereocenters. The number of anilines is 1. The maximum atomic E-state index is 5.11. The molecule has 0 radical (unpaired) electrons. The Bertz CT molecular complexity index is 641. The summed E-state index contributed by atoms with van der Waals surface area (Å²) in [5.74, 6) is 0.890. The van der Waals surface area contributed by atoms with Gasteiger partial charge in [-0.25, -0.2) is 4.98 Å². The second-order valence-electron chi connectivity index (χ2n) is 6.27. The van der Waals surface area contributed by atoms with E-state index in [9.17, 15) is 0 Å². The van der Waals surface area contributed by atoms with Gasteiger partial charge in [-0.1, -0.05) is 12.5 Å². The van der Waals surface area contributed by atoms with Crippen LogP contribution in [0.15, 0.2) is 24.5 Å². The number of pyridine rings is 1. The third-order valence-electron chi connectivity index (χ3n) is 4.96. The van der Waals surface area contributed by atoms with Gasteiger partial charge >= 0.3 is 0 Å². The highest BCUT2D eigenvalue weighted by Crippen LogP contribution is 2.61. The number of nitrogens with zero attached hydrogens (tertiary/aromatic N) is 4. The van der Waals surface area contributed by atoms with E-state index >= 15 is 0 Å². The van der Waals surface area contributed by atoms with Gasteiger partial charge in [0.05, 0.1) is 12.6 Å². The molecular formula is C16H20N4OS. The first-order valence-electron chi connectivity index (χ1n) is 7.80. The molecule has 1 aliphatic heterocycles. The molecule has 2 aromatic heterocycles. The normalized spacial score (nSPS) is 22.4. The minimum absolute atomic E-state index is 0.415. The van der Waals surface area contributed by atoms with Crippen LogP contribution in [0.25, 0.3) is 0 Å². The molecule has 0 amide bonds. The topological polar surface area (TPSA) is 51.1 Å². The molecular weight excluding hydrogens is 296 g/mol. The van der Waals surface area contributed by atoms with Crippen molar-refractivity contribution in [3.63, 3.8) is 0 Å². The molecule has 1 unspecified atom stereocenters. The van der Waals surface area contributed by atoms with Gasteiger partial charge < -0.3 is 9.64 Å². The quantitative estimate of drug-likeness (QED) is 0.849. The lowest BCUT2D eigenvalue weighted by molar-refractivity contribution is 0.0282. The van der Waals surface area contributed by atoms with Crippen molar-refractivity contribution < 1.29 is 4.74 Å². The zero-order valence-corrected chi connectivity index (χ0v) is 13.6. The molecule has 22 heavy (non-hydrogen) atoms. The Morgan fingerprint density at radius 2 is 2.36 bits per heavy atom. The number of methoxy groups -OCH3 is 1. The number of aromatic nitrogens is 3. The predicted octanol–water partition coefficient (Wildman–Crippen LogP) is 2.85. The summed E-state index contributed by atoms with van der Waals surface area (Å²) in [7, 11) is 1.71. The highest BCUT2D eigenvalue weighted by Gasteiger charge is 2.57. The van der Waals surface area contributed by atoms with E-state index in [1.54, 1.807) is 7.11 Å². The lowest BCUT2D eigenvalue weighted by Gasteiger charge is -2.62. The van der Waals surface area contributed by atoms with Gasteiger partial charge in [-0.15, -0.1) is 0 Å². The second-order valence-corrected chi connectivity index (χ2v) is 7.00. The van der Waals surface area contributed by atoms with Crippen LogP contribution in [0, 0.1) is 5.41 Å². The zero-order valence-electron chi connectivity index (χ0n) is 12.7. The molecule has 5 nitrogen and oxygen atoms in total. The summed E-state index contributed by atoms with van der Waals surface area (Å²) in [6.07, 6.45) is 8.61. The van der Waals surface area contributed by atoms with Crippen molar-refractivity contribution in [1.82, 2.24) is 14.3 Å². The molecule has 1 saturated carbocycles. The highest BCUT2D eigenvalue weighted by molar-refractivity contribution is 7.09. The number of rotatable bonds is 5. The largest absolute Gasteiger partial charge is 0.384 e. The molecule has 3 heterocycles. The average Bonchev–Trinajstić information content (AvgIpc) is 2.92. The van der Waals surface area contributed by atoms with Crippen molar-refractivity contribution in [2.45, 2.75) is 31.7 Å². The van der Waals surface area contributed by atoms with E-state index in [4.69, 9.17) is 9.72 Å². The fourth-order valence-corrected chi connectivity index (χ4v) is 4.44. The van der Waals surface area contributed by atoms with Crippen molar-refractivity contribution in [3.05, 3.63) is 35.9 Å². The third-order valence-corrected chi connectivity index (χ3v) is 5.75. The van der Waals surface area contributed by atoms with E-state index in [1.165, 1.54) is 36.4 Å². The average molecular weight is 316 g/mol. The Morgan fingerprint density at radius 1 is 1.45 bits per heavy atom. The minimum atomic E-state index is 0.415. The number of hydrogen-bond donors (Lipinski definition) is 0. The molecule has 0 aromatic carbocycles. The Morgan fingerprint density at radius 3 is 3.05 bits per heavy atom. The van der Waals surface area contributed by atoms with Crippen molar-refractivity contribution in [2.75, 3.05) is 25.2 Å². The lowest BCUT2D eigenvalue weighted by Crippen LogP contribution is -2.62. The van der Waals surface area contributed by atoms with Crippen LogP contribution >= 0.6 is 11.5 Å². The first kappa shape index (κ1) is 14.1. The molecule has 0 N–H and O–H groups in total. The summed E-state index contributed by atoms with van der Waals surface area (Å²) < 4.78 is 9.58. The maximum absolute atomic E-state index is 5.11. The van der Waals surface area contributed by atoms with Crippen molar-refractivity contribution in [1.29, 1.82) is 0 Å². The summed E-state index contributed by atoms with van der Waals surface area (Å²) in [4.78, 5) is 11.4. The lowest BCUT2D eigenvalue weighted by atomic mass is 9.57. The van der Waals surface area contributed by atoms with Crippen molar-refractivity contribution in [2.24, 2.45) is 5.41 Å². The van der Waals surface area contributed by atoms with Crippen molar-refractivity contribution in [3.8, 4) is 0 Å². The van der Waals surface area contributed by atoms with Gasteiger partial charge in [-0.05, 0) is 24.5 Å². The van der Waals surface area contributed by atoms with Crippen LogP contribution < -0.4 is 4.90 Å². The van der Waals surface area contributed by atoms with E-state index in [0.29, 0.717) is 18.1 Å². The Kier molecular flexibility index (Phi) is 3.58. The maximum Gasteiger partial charge on any atom is 0.205 e. The van der Waals surface area contributed by atoms with Crippen LogP contribution in [0.5, 0.6) is 0 Å². The molecule has 1 saturated heterocycles. The monoisotopic (exact) mass is 316 g/mol. The van der Waals surface area contributed by atoms with E-state index in [0.717, 1.165) is 23.9 Å². The molecule has 2 aliphatic rings. The van der Waals surface area contributed by atoms with Gasteiger partial charge in [-0.2, -0.15) is 4.37 Å². The van der Waals surface area contributed by atoms with E-state index in [2.05, 4.69) is 20.3 Å². The standard InChI is InChI=1S/C16H20N4OS/c1-21-9-5-13-18-15(22-19-13)20-11-16(6-3-7-16)14(20)12-4-2-8-17-10-12/h2,4,8,10,14H,3,5-7,9,11H2,1H3. The van der Waals surface area contributed by atoms with Crippen LogP contribution in [0.3, 0.4) is 0 Å². The van der Waals surface area contributed by atoms with Gasteiger partial charge in [0.15, 0.2) is 0 Å². The summed E-state index contributed by atoms with van der Waals surface area (Å²) >= 11 is 1.51. The van der Waals surface area contributed by atoms with E-state index in [1.807, 2.05) is 18.5 Å². The van der Waals surface area contributed by atoms with Gasteiger partial charge in [0.25, 0.3) is 0 Å². The van der Waals surface area contributed by atoms with Crippen LogP contribution in [-0.2, 0) is 11.2 Å². The summed E-state index contributed by atoms with van der Waals surface area (Å²) in [6, 6.07) is 4.64. The minimum Gasteiger partial charge on any atom is -0.384 e. The van der Waals surface area contributed by atoms with Crippen LogP contribution in [-0.4, -0.2) is 34.6 Å². The molecule has 116 valence electrons. The molecule has 2 aromatic rings. The van der Waals surface area contributed by atoms with Gasteiger partial charge in [0, 0.05) is 49.4 Å². The number of hydrogen-bond acceptors (Lipinski definition) is 6. The molecule has 0 bridgehead atoms. The Labute approximate surface area is 134 Å². The van der Waals surface area contributed by atoms with Crippen LogP contribution in [0.4, 0.5) is 5.13 Å². The summed E-state index contributed by atoms with van der Waals surface area (Å²) in [5, 5.41) is 1.04. The Hall–Kier alpha value is -1.53. The van der Waals surface area contributed by atoms with Crippen molar-refractivity contribution >= 4 is 16.7 Å². The Balaban J connectivity index is 1.57. The first-order valence-corrected chi connectivity index (χ1v) is 8.58. The van der Waals surface area contributed by atoms with Gasteiger partial charge in [-0.3, -0.25) is 4.98 Å². The molecule has 2 fully saturated rings. The first-order chi connectivity index (χ1) is 10.8. The smallest absolute Gasteiger partial charge is 0.205 e. The predicted molar refractivity (Wildman–Crippen MR) is 86.1 cm³/mol. The van der Waals surface area contributed by atoms with E-state index < -0.39 is 0 Å². The highest BCUT2D eigenvalue weighted by atomic mass is 32.1. The third kappa shape index (κ3) is 2.21. The van der Waals surface area contributed by atoms with Gasteiger partial charge in [0.2, 0.25) is 5.13 Å². The van der Waals surface area contributed by atoms with Gasteiger partial charge in [0.1, 0.15) is 5.82 Å². The second kappa shape index (κ2) is 5.59. The van der Waals surface area contributed by atoms with E-state index in [-0.39, 0.29) is 0 Å². The molecule has 1 spiro atoms. The summed E-state index contributed by atoms with van der Waals surface area (Å²) in [5.41, 5.74) is 1.75. The number of ether oxygens (including phenoxy) is 1. The van der Waals surface area contributed by atoms with Crippen LogP contribution in [0.2, 0.25) is 0 Å². The zero-order chi connectivity index (χ0) is 15.0. The fourth-order valence-electron chi connectivity index (χ4n) is 3.70. The SMILES string of the molecule is COCCc1nsc(N2CC3(CCC3)C2c2cccnc2)n1. The molecule has 6 heteroatoms.